The Kier molecular flexibility index (Phi) is 15.8. The second-order valence-corrected chi connectivity index (χ2v) is 15.0. The highest BCUT2D eigenvalue weighted by Gasteiger charge is 2.39. The number of hydrogen-bond acceptors (Lipinski definition) is 13. The van der Waals surface area contributed by atoms with Gasteiger partial charge in [0.25, 0.3) is 5.91 Å². The van der Waals surface area contributed by atoms with Crippen LogP contribution in [0, 0.1) is 18.8 Å². The third-order valence-corrected chi connectivity index (χ3v) is 10.7. The summed E-state index contributed by atoms with van der Waals surface area (Å²) >= 11 is 5.97. The van der Waals surface area contributed by atoms with Gasteiger partial charge in [0.1, 0.15) is 18.3 Å². The first-order valence-electron chi connectivity index (χ1n) is 19.0. The van der Waals surface area contributed by atoms with Gasteiger partial charge in [0.05, 0.1) is 12.7 Å². The van der Waals surface area contributed by atoms with Crippen LogP contribution in [-0.2, 0) is 20.7 Å². The SMILES string of the molecule is Cc1ccccc1C[C@@H](CNC(=O)c1nc(Cl)c(N)nc1N)CN(CC1CCN(C(=O)CCNC[C@@H](O)[C@@H](O)[C@@H]2O[C@H](c3ccccc3)OC[C@H]2O)CC1)C(=O)O. The number of carboxylic acid groups (broad SMARTS) is 1. The first kappa shape index (κ1) is 43.5. The number of nitrogens with zero attached hydrogens (tertiary/aromatic N) is 4. The molecule has 2 aromatic carbocycles. The standard InChI is InChI=1S/C39H53ClN8O9/c1-23-7-5-6-10-27(23)17-25(18-44-37(53)31-35(41)46-36(42)34(40)45-31)21-48(39(54)55)20-24-12-15-47(16-13-24)30(51)11-14-43-19-28(49)32(52)33-29(50)22-56-38(57-33)26-8-3-2-4-9-26/h2-10,24-25,28-29,32-33,38,43,49-50,52H,11-22H2,1H3,(H,44,53)(H,54,55)(H4,41,42,46)/t25-,28+,29+,32+,33+,38+/m0/s1. The van der Waals surface area contributed by atoms with Gasteiger partial charge in [-0.1, -0.05) is 66.2 Å². The topological polar surface area (TPSA) is 259 Å². The summed E-state index contributed by atoms with van der Waals surface area (Å²) in [7, 11) is 0. The van der Waals surface area contributed by atoms with Crippen LogP contribution < -0.4 is 22.1 Å². The fraction of sp³-hybridized carbons (Fsp3) is 0.513. The number of aliphatic hydroxyl groups excluding tert-OH is 3. The number of benzene rings is 2. The number of aromatic nitrogens is 2. The van der Waals surface area contributed by atoms with Crippen LogP contribution in [0.4, 0.5) is 16.4 Å². The smallest absolute Gasteiger partial charge is 0.407 e. The van der Waals surface area contributed by atoms with Crippen LogP contribution in [0.25, 0.3) is 0 Å². The van der Waals surface area contributed by atoms with E-state index in [0.717, 1.165) is 16.7 Å². The minimum absolute atomic E-state index is 0.0184. The molecule has 0 unspecified atom stereocenters. The maximum atomic E-state index is 13.0. The third-order valence-electron chi connectivity index (χ3n) is 10.4. The Bertz CT molecular complexity index is 1800. The molecule has 0 radical (unpaired) electrons. The zero-order valence-electron chi connectivity index (χ0n) is 31.9. The number of anilines is 2. The van der Waals surface area contributed by atoms with Crippen molar-refractivity contribution < 1.29 is 44.3 Å². The summed E-state index contributed by atoms with van der Waals surface area (Å²) in [6, 6.07) is 16.9. The lowest BCUT2D eigenvalue weighted by Crippen LogP contribution is -2.53. The molecule has 2 saturated heterocycles. The quantitative estimate of drug-likeness (QED) is 0.0901. The van der Waals surface area contributed by atoms with Crippen molar-refractivity contribution in [3.05, 3.63) is 82.1 Å². The van der Waals surface area contributed by atoms with Crippen molar-refractivity contribution in [3.8, 4) is 0 Å². The minimum Gasteiger partial charge on any atom is -0.465 e. The molecule has 2 aliphatic heterocycles. The van der Waals surface area contributed by atoms with Crippen molar-refractivity contribution >= 4 is 41.1 Å². The zero-order chi connectivity index (χ0) is 41.1. The van der Waals surface area contributed by atoms with E-state index in [4.69, 9.17) is 32.5 Å². The number of carbonyl (C=O) groups excluding carboxylic acids is 2. The molecule has 2 fully saturated rings. The van der Waals surface area contributed by atoms with E-state index in [1.165, 1.54) is 4.90 Å². The molecule has 0 spiro atoms. The number of piperidine rings is 1. The molecule has 18 heteroatoms. The van der Waals surface area contributed by atoms with E-state index < -0.39 is 42.7 Å². The number of ether oxygens (including phenoxy) is 2. The number of nitrogens with two attached hydrogens (primary N) is 2. The molecule has 310 valence electrons. The summed E-state index contributed by atoms with van der Waals surface area (Å²) in [5, 5.41) is 47.7. The number of halogens is 1. The Labute approximate surface area is 336 Å². The fourth-order valence-corrected chi connectivity index (χ4v) is 7.22. The van der Waals surface area contributed by atoms with Crippen LogP contribution >= 0.6 is 11.6 Å². The molecule has 3 aromatic rings. The van der Waals surface area contributed by atoms with Crippen LogP contribution in [0.3, 0.4) is 0 Å². The molecule has 17 nitrogen and oxygen atoms in total. The zero-order valence-corrected chi connectivity index (χ0v) is 32.6. The number of hydrogen-bond donors (Lipinski definition) is 8. The van der Waals surface area contributed by atoms with Gasteiger partial charge in [-0.2, -0.15) is 0 Å². The Morgan fingerprint density at radius 2 is 1.72 bits per heavy atom. The van der Waals surface area contributed by atoms with Gasteiger partial charge in [-0.05, 0) is 49.1 Å². The van der Waals surface area contributed by atoms with E-state index in [9.17, 15) is 34.8 Å². The van der Waals surface area contributed by atoms with Gasteiger partial charge < -0.3 is 61.8 Å². The van der Waals surface area contributed by atoms with E-state index in [1.54, 1.807) is 17.0 Å². The Morgan fingerprint density at radius 3 is 2.42 bits per heavy atom. The highest BCUT2D eigenvalue weighted by atomic mass is 35.5. The molecule has 57 heavy (non-hydrogen) atoms. The van der Waals surface area contributed by atoms with Crippen molar-refractivity contribution in [2.24, 2.45) is 11.8 Å². The van der Waals surface area contributed by atoms with Crippen molar-refractivity contribution in [1.82, 2.24) is 30.4 Å². The van der Waals surface area contributed by atoms with Gasteiger partial charge in [0, 0.05) is 57.8 Å². The summed E-state index contributed by atoms with van der Waals surface area (Å²) in [6.45, 7) is 3.60. The normalized spacial score (nSPS) is 20.4. The van der Waals surface area contributed by atoms with Crippen LogP contribution in [0.15, 0.2) is 54.6 Å². The average Bonchev–Trinajstić information content (AvgIpc) is 3.20. The minimum atomic E-state index is -1.40. The van der Waals surface area contributed by atoms with Gasteiger partial charge in [-0.3, -0.25) is 9.59 Å². The molecular formula is C39H53ClN8O9. The molecule has 5 rings (SSSR count). The number of rotatable bonds is 17. The highest BCUT2D eigenvalue weighted by molar-refractivity contribution is 6.31. The molecule has 2 aliphatic rings. The van der Waals surface area contributed by atoms with Crippen molar-refractivity contribution in [2.45, 2.75) is 63.3 Å². The van der Waals surface area contributed by atoms with E-state index >= 15 is 0 Å². The molecular weight excluding hydrogens is 760 g/mol. The second-order valence-electron chi connectivity index (χ2n) is 14.6. The lowest BCUT2D eigenvalue weighted by atomic mass is 9.93. The van der Waals surface area contributed by atoms with Gasteiger partial charge >= 0.3 is 6.09 Å². The van der Waals surface area contributed by atoms with Crippen molar-refractivity contribution in [3.63, 3.8) is 0 Å². The lowest BCUT2D eigenvalue weighted by Gasteiger charge is -2.38. The van der Waals surface area contributed by atoms with Gasteiger partial charge in [-0.15, -0.1) is 0 Å². The van der Waals surface area contributed by atoms with Crippen LogP contribution in [0.5, 0.6) is 0 Å². The van der Waals surface area contributed by atoms with E-state index in [2.05, 4.69) is 20.6 Å². The molecule has 0 bridgehead atoms. The van der Waals surface area contributed by atoms with E-state index in [1.807, 2.05) is 49.4 Å². The van der Waals surface area contributed by atoms with E-state index in [0.29, 0.717) is 32.4 Å². The number of likely N-dealkylation sites (tertiary alicyclic amines) is 1. The molecule has 0 aliphatic carbocycles. The summed E-state index contributed by atoms with van der Waals surface area (Å²) in [6.07, 6.45) is -4.87. The first-order chi connectivity index (χ1) is 27.3. The predicted molar refractivity (Wildman–Crippen MR) is 211 cm³/mol. The van der Waals surface area contributed by atoms with Crippen LogP contribution in [-0.4, -0.2) is 135 Å². The molecule has 0 saturated carbocycles. The van der Waals surface area contributed by atoms with Gasteiger partial charge in [0.15, 0.2) is 28.8 Å². The number of aryl methyl sites for hydroxylation is 1. The molecule has 3 amide bonds. The predicted octanol–water partition coefficient (Wildman–Crippen LogP) is 1.59. The molecule has 10 N–H and O–H groups in total. The molecule has 3 heterocycles. The van der Waals surface area contributed by atoms with Gasteiger partial charge in [0.2, 0.25) is 5.91 Å². The van der Waals surface area contributed by atoms with Crippen LogP contribution in [0.1, 0.15) is 52.7 Å². The number of carbonyl (C=O) groups is 3. The van der Waals surface area contributed by atoms with Gasteiger partial charge in [-0.25, -0.2) is 14.8 Å². The summed E-state index contributed by atoms with van der Waals surface area (Å²) in [5.41, 5.74) is 14.1. The maximum absolute atomic E-state index is 13.0. The maximum Gasteiger partial charge on any atom is 0.407 e. The molecule has 1 aromatic heterocycles. The lowest BCUT2D eigenvalue weighted by molar-refractivity contribution is -0.282. The highest BCUT2D eigenvalue weighted by Crippen LogP contribution is 2.29. The second kappa shape index (κ2) is 20.7. The largest absolute Gasteiger partial charge is 0.465 e. The average molecular weight is 813 g/mol. The van der Waals surface area contributed by atoms with Crippen molar-refractivity contribution in [1.29, 1.82) is 0 Å². The number of nitrogens with one attached hydrogen (secondary N) is 2. The monoisotopic (exact) mass is 812 g/mol. The summed E-state index contributed by atoms with van der Waals surface area (Å²) < 4.78 is 11.3. The Balaban J connectivity index is 1.07. The third kappa shape index (κ3) is 12.2. The number of amides is 3. The van der Waals surface area contributed by atoms with E-state index in [-0.39, 0.29) is 86.0 Å². The Hall–Kier alpha value is -4.62. The van der Waals surface area contributed by atoms with Crippen LogP contribution in [0.2, 0.25) is 5.15 Å². The van der Waals surface area contributed by atoms with Crippen molar-refractivity contribution in [2.75, 3.05) is 63.9 Å². The summed E-state index contributed by atoms with van der Waals surface area (Å²) in [4.78, 5) is 49.6. The fourth-order valence-electron chi connectivity index (χ4n) is 7.09. The molecule has 6 atom stereocenters. The number of nitrogen functional groups attached to an aromatic ring is 2. The Morgan fingerprint density at radius 1 is 1.02 bits per heavy atom. The number of aliphatic hydroxyl groups is 3. The first-order valence-corrected chi connectivity index (χ1v) is 19.4. The summed E-state index contributed by atoms with van der Waals surface area (Å²) in [5.74, 6) is -1.25.